The van der Waals surface area contributed by atoms with Crippen molar-refractivity contribution in [3.63, 3.8) is 0 Å². The Hall–Kier alpha value is -2.33. The van der Waals surface area contributed by atoms with Crippen LogP contribution in [-0.4, -0.2) is 18.0 Å². The maximum atomic E-state index is 12.6. The van der Waals surface area contributed by atoms with Crippen LogP contribution in [0, 0.1) is 0 Å². The van der Waals surface area contributed by atoms with Gasteiger partial charge in [-0.1, -0.05) is 40.2 Å². The molecule has 0 amide bonds. The molecule has 122 valence electrons. The number of ketones is 1. The van der Waals surface area contributed by atoms with E-state index in [9.17, 15) is 9.90 Å². The number of benzene rings is 2. The van der Waals surface area contributed by atoms with Crippen molar-refractivity contribution in [1.29, 1.82) is 0 Å². The van der Waals surface area contributed by atoms with Crippen molar-refractivity contribution in [1.82, 2.24) is 0 Å². The van der Waals surface area contributed by atoms with E-state index >= 15 is 0 Å². The van der Waals surface area contributed by atoms with Gasteiger partial charge >= 0.3 is 0 Å². The zero-order valence-corrected chi connectivity index (χ0v) is 14.8. The van der Waals surface area contributed by atoms with Crippen LogP contribution in [0.15, 0.2) is 58.1 Å². The molecule has 0 saturated heterocycles. The minimum absolute atomic E-state index is 0.0813. The fourth-order valence-corrected chi connectivity index (χ4v) is 3.14. The number of Topliss-reactive ketones (excluding diaryl/α,β-unsaturated/α-hetero) is 1. The van der Waals surface area contributed by atoms with E-state index in [-0.39, 0.29) is 11.5 Å². The van der Waals surface area contributed by atoms with Crippen molar-refractivity contribution in [2.75, 3.05) is 7.11 Å². The maximum absolute atomic E-state index is 12.6. The van der Waals surface area contributed by atoms with E-state index in [2.05, 4.69) is 15.9 Å². The first kappa shape index (κ1) is 16.5. The number of ether oxygens (including phenoxy) is 1. The molecule has 0 aromatic heterocycles. The van der Waals surface area contributed by atoms with Crippen LogP contribution in [0.25, 0.3) is 12.2 Å². The Balaban J connectivity index is 1.87. The molecular weight excluding hydrogens is 368 g/mol. The third-order valence-corrected chi connectivity index (χ3v) is 4.75. The molecule has 1 aliphatic rings. The standard InChI is InChI=1S/C20H17BrO3/c1-24-19-11-13(6-9-18(19)22)10-15-7-8-16(20(15)23)12-14-4-2-3-5-17(14)21/h2-6,9-12,22H,7-8H2,1H3/b15-10+,16-12+. The number of aromatic hydroxyl groups is 1. The van der Waals surface area contributed by atoms with Gasteiger partial charge in [0.15, 0.2) is 17.3 Å². The third kappa shape index (κ3) is 3.44. The lowest BCUT2D eigenvalue weighted by molar-refractivity contribution is -0.111. The average Bonchev–Trinajstić information content (AvgIpc) is 2.92. The molecule has 2 aromatic rings. The number of carbonyl (C=O) groups is 1. The monoisotopic (exact) mass is 384 g/mol. The maximum Gasteiger partial charge on any atom is 0.185 e. The average molecular weight is 385 g/mol. The summed E-state index contributed by atoms with van der Waals surface area (Å²) in [5.41, 5.74) is 3.45. The second-order valence-electron chi connectivity index (χ2n) is 5.62. The van der Waals surface area contributed by atoms with Gasteiger partial charge in [0.25, 0.3) is 0 Å². The molecule has 0 heterocycles. The smallest absolute Gasteiger partial charge is 0.185 e. The zero-order valence-electron chi connectivity index (χ0n) is 13.3. The molecule has 1 aliphatic carbocycles. The molecule has 0 unspecified atom stereocenters. The summed E-state index contributed by atoms with van der Waals surface area (Å²) in [4.78, 5) is 12.6. The Morgan fingerprint density at radius 1 is 1.08 bits per heavy atom. The first-order valence-corrected chi connectivity index (χ1v) is 8.45. The summed E-state index contributed by atoms with van der Waals surface area (Å²) < 4.78 is 6.09. The summed E-state index contributed by atoms with van der Waals surface area (Å²) in [6, 6.07) is 12.9. The number of halogens is 1. The third-order valence-electron chi connectivity index (χ3n) is 4.03. The normalized spacial score (nSPS) is 17.7. The van der Waals surface area contributed by atoms with Gasteiger partial charge in [-0.3, -0.25) is 4.79 Å². The molecule has 0 atom stereocenters. The Kier molecular flexibility index (Phi) is 4.86. The van der Waals surface area contributed by atoms with Gasteiger partial charge in [0.2, 0.25) is 0 Å². The molecule has 1 saturated carbocycles. The van der Waals surface area contributed by atoms with Crippen molar-refractivity contribution < 1.29 is 14.6 Å². The van der Waals surface area contributed by atoms with Crippen molar-refractivity contribution in [2.24, 2.45) is 0 Å². The number of hydrogen-bond donors (Lipinski definition) is 1. The highest BCUT2D eigenvalue weighted by Gasteiger charge is 2.23. The van der Waals surface area contributed by atoms with E-state index in [1.165, 1.54) is 7.11 Å². The molecule has 1 fully saturated rings. The van der Waals surface area contributed by atoms with Crippen LogP contribution in [0.5, 0.6) is 11.5 Å². The van der Waals surface area contributed by atoms with Gasteiger partial charge < -0.3 is 9.84 Å². The molecule has 4 heteroatoms. The van der Waals surface area contributed by atoms with Gasteiger partial charge in [0.1, 0.15) is 0 Å². The van der Waals surface area contributed by atoms with E-state index < -0.39 is 0 Å². The highest BCUT2D eigenvalue weighted by atomic mass is 79.9. The number of phenols is 1. The van der Waals surface area contributed by atoms with Gasteiger partial charge in [-0.25, -0.2) is 0 Å². The van der Waals surface area contributed by atoms with Gasteiger partial charge in [0.05, 0.1) is 7.11 Å². The zero-order chi connectivity index (χ0) is 17.1. The molecule has 3 rings (SSSR count). The van der Waals surface area contributed by atoms with E-state index in [0.29, 0.717) is 5.75 Å². The van der Waals surface area contributed by atoms with E-state index in [0.717, 1.165) is 39.6 Å². The summed E-state index contributed by atoms with van der Waals surface area (Å²) in [6.45, 7) is 0. The molecular formula is C20H17BrO3. The summed E-state index contributed by atoms with van der Waals surface area (Å²) in [5, 5.41) is 9.65. The Morgan fingerprint density at radius 3 is 2.50 bits per heavy atom. The van der Waals surface area contributed by atoms with Crippen molar-refractivity contribution >= 4 is 33.9 Å². The number of methoxy groups -OCH3 is 1. The fraction of sp³-hybridized carbons (Fsp3) is 0.150. The molecule has 0 aliphatic heterocycles. The van der Waals surface area contributed by atoms with Crippen LogP contribution in [0.3, 0.4) is 0 Å². The van der Waals surface area contributed by atoms with E-state index in [4.69, 9.17) is 4.74 Å². The summed E-state index contributed by atoms with van der Waals surface area (Å²) in [7, 11) is 1.51. The molecule has 3 nitrogen and oxygen atoms in total. The minimum Gasteiger partial charge on any atom is -0.504 e. The molecule has 0 radical (unpaired) electrons. The lowest BCUT2D eigenvalue weighted by Crippen LogP contribution is -1.96. The highest BCUT2D eigenvalue weighted by Crippen LogP contribution is 2.32. The van der Waals surface area contributed by atoms with Gasteiger partial charge in [-0.05, 0) is 54.3 Å². The van der Waals surface area contributed by atoms with Crippen LogP contribution in [0.2, 0.25) is 0 Å². The van der Waals surface area contributed by atoms with Gasteiger partial charge in [-0.2, -0.15) is 0 Å². The van der Waals surface area contributed by atoms with Crippen molar-refractivity contribution in [3.8, 4) is 11.5 Å². The summed E-state index contributed by atoms with van der Waals surface area (Å²) >= 11 is 3.51. The van der Waals surface area contributed by atoms with Crippen LogP contribution in [0.1, 0.15) is 24.0 Å². The Labute approximate surface area is 149 Å². The summed E-state index contributed by atoms with van der Waals surface area (Å²) in [5.74, 6) is 0.573. The predicted molar refractivity (Wildman–Crippen MR) is 99.0 cm³/mol. The topological polar surface area (TPSA) is 46.5 Å². The Bertz CT molecular complexity index is 850. The molecule has 24 heavy (non-hydrogen) atoms. The number of carbonyl (C=O) groups excluding carboxylic acids is 1. The molecule has 1 N–H and O–H groups in total. The second-order valence-corrected chi connectivity index (χ2v) is 6.48. The minimum atomic E-state index is 0.0813. The first-order chi connectivity index (χ1) is 11.6. The predicted octanol–water partition coefficient (Wildman–Crippen LogP) is 4.99. The van der Waals surface area contributed by atoms with Crippen LogP contribution >= 0.6 is 15.9 Å². The van der Waals surface area contributed by atoms with Crippen molar-refractivity contribution in [2.45, 2.75) is 12.8 Å². The Morgan fingerprint density at radius 2 is 1.79 bits per heavy atom. The van der Waals surface area contributed by atoms with Crippen LogP contribution in [0.4, 0.5) is 0 Å². The SMILES string of the molecule is COc1cc(/C=C2\CC/C(=C\c3ccccc3Br)C2=O)ccc1O. The van der Waals surface area contributed by atoms with Crippen LogP contribution in [-0.2, 0) is 4.79 Å². The fourth-order valence-electron chi connectivity index (χ4n) is 2.74. The van der Waals surface area contributed by atoms with Crippen LogP contribution < -0.4 is 4.74 Å². The number of allylic oxidation sites excluding steroid dienone is 2. The number of rotatable bonds is 3. The van der Waals surface area contributed by atoms with Gasteiger partial charge in [-0.15, -0.1) is 0 Å². The number of hydrogen-bond acceptors (Lipinski definition) is 3. The van der Waals surface area contributed by atoms with E-state index in [1.54, 1.807) is 18.2 Å². The number of phenolic OH excluding ortho intramolecular Hbond substituents is 1. The lowest BCUT2D eigenvalue weighted by Gasteiger charge is -2.04. The first-order valence-electron chi connectivity index (χ1n) is 7.66. The highest BCUT2D eigenvalue weighted by molar-refractivity contribution is 9.10. The van der Waals surface area contributed by atoms with Crippen molar-refractivity contribution in [3.05, 3.63) is 69.2 Å². The second kappa shape index (κ2) is 7.05. The quantitative estimate of drug-likeness (QED) is 0.757. The molecule has 0 bridgehead atoms. The van der Waals surface area contributed by atoms with E-state index in [1.807, 2.05) is 36.4 Å². The van der Waals surface area contributed by atoms with Gasteiger partial charge in [0, 0.05) is 15.6 Å². The summed E-state index contributed by atoms with van der Waals surface area (Å²) in [6.07, 6.45) is 5.27. The molecule has 2 aromatic carbocycles. The largest absolute Gasteiger partial charge is 0.504 e. The molecule has 0 spiro atoms. The lowest BCUT2D eigenvalue weighted by atomic mass is 10.1.